The van der Waals surface area contributed by atoms with Crippen LogP contribution in [-0.4, -0.2) is 28.8 Å². The third-order valence-electron chi connectivity index (χ3n) is 8.40. The molecule has 204 valence electrons. The third kappa shape index (κ3) is 5.16. The number of aromatic nitrogens is 2. The molecule has 7 heteroatoms. The molecule has 4 aromatic rings. The molecule has 0 N–H and O–H groups in total. The highest BCUT2D eigenvalue weighted by Crippen LogP contribution is 2.49. The van der Waals surface area contributed by atoms with Gasteiger partial charge in [-0.2, -0.15) is 5.10 Å². The van der Waals surface area contributed by atoms with Crippen molar-refractivity contribution in [2.45, 2.75) is 32.2 Å². The summed E-state index contributed by atoms with van der Waals surface area (Å²) in [5.74, 6) is 0.367. The molecule has 40 heavy (non-hydrogen) atoms. The van der Waals surface area contributed by atoms with Crippen LogP contribution in [0, 0.1) is 17.8 Å². The number of ether oxygens (including phenoxy) is 1. The van der Waals surface area contributed by atoms with Crippen LogP contribution in [0.4, 0.5) is 5.69 Å². The summed E-state index contributed by atoms with van der Waals surface area (Å²) in [7, 11) is 3.24. The molecule has 0 saturated heterocycles. The van der Waals surface area contributed by atoms with Gasteiger partial charge in [-0.25, -0.2) is 4.79 Å². The minimum absolute atomic E-state index is 0.0338. The number of methoxy groups -OCH3 is 1. The van der Waals surface area contributed by atoms with Crippen molar-refractivity contribution in [3.8, 4) is 11.1 Å². The van der Waals surface area contributed by atoms with E-state index in [0.29, 0.717) is 28.1 Å². The molecule has 4 atom stereocenters. The summed E-state index contributed by atoms with van der Waals surface area (Å²) < 4.78 is 15.9. The summed E-state index contributed by atoms with van der Waals surface area (Å²) in [4.78, 5) is 27.4. The predicted molar refractivity (Wildman–Crippen MR) is 159 cm³/mol. The highest BCUT2D eigenvalue weighted by molar-refractivity contribution is 6.31. The van der Waals surface area contributed by atoms with Crippen LogP contribution in [0.2, 0.25) is 5.02 Å². The second-order valence-electron chi connectivity index (χ2n) is 10.8. The van der Waals surface area contributed by atoms with Gasteiger partial charge in [0.05, 0.1) is 26.7 Å². The van der Waals surface area contributed by atoms with Crippen molar-refractivity contribution in [1.29, 1.82) is 0 Å². The number of amides is 1. The Bertz CT molecular complexity index is 1660. The van der Waals surface area contributed by atoms with Gasteiger partial charge in [-0.3, -0.25) is 9.48 Å². The van der Waals surface area contributed by atoms with Gasteiger partial charge in [0.25, 0.3) is 0 Å². The molecule has 2 aliphatic rings. The number of esters is 1. The van der Waals surface area contributed by atoms with Gasteiger partial charge in [-0.1, -0.05) is 48.4 Å². The first-order valence-electron chi connectivity index (χ1n) is 14.2. The smallest absolute Gasteiger partial charge is 0.330 e. The van der Waals surface area contributed by atoms with Crippen LogP contribution in [-0.2, 0) is 27.9 Å². The molecule has 0 spiro atoms. The standard InChI is InChI=1S/C33H32ClN3O3/c1-36-31-12-11-23(17-27(31)19-35-36)24-9-10-26(30(34)18-24)20-37(33(39)29-16-22-6-8-25(29)14-22)28-5-3-4-21(15-28)7-13-32(38)40-2/h3-5,7,9-13,15,17-19,22,25,29H,6,8,14,16,20H2,1-2H3/b13-7+/t22-,25+,29-/m1/s1/i20D/t20?,22-,25+,29-. The number of fused-ring (bicyclic) bond motifs is 3. The van der Waals surface area contributed by atoms with E-state index in [9.17, 15) is 11.0 Å². The number of halogens is 1. The van der Waals surface area contributed by atoms with Gasteiger partial charge in [0, 0.05) is 35.1 Å². The second-order valence-corrected chi connectivity index (χ2v) is 11.3. The molecule has 2 saturated carbocycles. The Balaban J connectivity index is 1.35. The number of hydrogen-bond acceptors (Lipinski definition) is 4. The molecule has 1 heterocycles. The lowest BCUT2D eigenvalue weighted by Gasteiger charge is -2.30. The fourth-order valence-corrected chi connectivity index (χ4v) is 6.52. The van der Waals surface area contributed by atoms with E-state index in [1.807, 2.05) is 72.5 Å². The Morgan fingerprint density at radius 3 is 2.70 bits per heavy atom. The number of hydrogen-bond donors (Lipinski definition) is 0. The molecular formula is C33H32ClN3O3. The predicted octanol–water partition coefficient (Wildman–Crippen LogP) is 7.05. The lowest BCUT2D eigenvalue weighted by Crippen LogP contribution is -2.38. The normalized spacial score (nSPS) is 21.1. The quantitative estimate of drug-likeness (QED) is 0.181. The first-order chi connectivity index (χ1) is 19.8. The van der Waals surface area contributed by atoms with Crippen molar-refractivity contribution in [2.24, 2.45) is 24.8 Å². The SMILES string of the molecule is [2H]C(c1ccc(-c2ccc3c(cnn3C)c2)cc1Cl)N(C(=O)[C@@H]1C[C@@H]2CC[C@H]1C2)c1cccc(/C=C/C(=O)OC)c1. The van der Waals surface area contributed by atoms with Gasteiger partial charge in [0.2, 0.25) is 5.91 Å². The number of carbonyl (C=O) groups is 2. The zero-order valence-electron chi connectivity index (χ0n) is 23.6. The van der Waals surface area contributed by atoms with E-state index < -0.39 is 12.5 Å². The van der Waals surface area contributed by atoms with Gasteiger partial charge in [-0.15, -0.1) is 0 Å². The minimum atomic E-state index is -1.04. The molecule has 0 radical (unpaired) electrons. The van der Waals surface area contributed by atoms with Crippen LogP contribution in [0.25, 0.3) is 28.1 Å². The summed E-state index contributed by atoms with van der Waals surface area (Å²) in [5, 5.41) is 5.79. The molecule has 1 amide bonds. The fraction of sp³-hybridized carbons (Fsp3) is 0.303. The fourth-order valence-electron chi connectivity index (χ4n) is 6.30. The Morgan fingerprint density at radius 1 is 1.12 bits per heavy atom. The van der Waals surface area contributed by atoms with Gasteiger partial charge < -0.3 is 9.64 Å². The highest BCUT2D eigenvalue weighted by Gasteiger charge is 2.44. The molecule has 6 nitrogen and oxygen atoms in total. The van der Waals surface area contributed by atoms with Gasteiger partial charge in [-0.05, 0) is 89.8 Å². The number of nitrogens with zero attached hydrogens (tertiary/aromatic N) is 3. The van der Waals surface area contributed by atoms with E-state index in [2.05, 4.69) is 11.2 Å². The van der Waals surface area contributed by atoms with Crippen molar-refractivity contribution in [3.05, 3.63) is 89.1 Å². The number of aryl methyl sites for hydroxylation is 1. The molecule has 0 aliphatic heterocycles. The number of benzene rings is 3. The maximum atomic E-state index is 14.2. The van der Waals surface area contributed by atoms with E-state index in [4.69, 9.17) is 16.3 Å². The minimum Gasteiger partial charge on any atom is -0.466 e. The number of rotatable bonds is 7. The van der Waals surface area contributed by atoms with Crippen LogP contribution in [0.3, 0.4) is 0 Å². The Hall–Kier alpha value is -3.90. The zero-order valence-corrected chi connectivity index (χ0v) is 23.3. The van der Waals surface area contributed by atoms with Crippen LogP contribution < -0.4 is 4.90 Å². The summed E-state index contributed by atoms with van der Waals surface area (Å²) >= 11 is 6.85. The number of anilines is 1. The van der Waals surface area contributed by atoms with Gasteiger partial charge in [0.1, 0.15) is 0 Å². The molecule has 3 aromatic carbocycles. The van der Waals surface area contributed by atoms with E-state index >= 15 is 0 Å². The molecule has 1 aromatic heterocycles. The number of carbonyl (C=O) groups excluding carboxylic acids is 2. The second kappa shape index (κ2) is 10.9. The van der Waals surface area contributed by atoms with E-state index in [0.717, 1.165) is 46.9 Å². The summed E-state index contributed by atoms with van der Waals surface area (Å²) in [6.45, 7) is -1.04. The monoisotopic (exact) mass is 554 g/mol. The van der Waals surface area contributed by atoms with E-state index in [1.54, 1.807) is 11.0 Å². The van der Waals surface area contributed by atoms with Crippen LogP contribution >= 0.6 is 11.6 Å². The van der Waals surface area contributed by atoms with Crippen molar-refractivity contribution in [2.75, 3.05) is 12.0 Å². The van der Waals surface area contributed by atoms with E-state index in [1.165, 1.54) is 19.6 Å². The molecule has 6 rings (SSSR count). The van der Waals surface area contributed by atoms with Gasteiger partial charge in [0.15, 0.2) is 0 Å². The van der Waals surface area contributed by atoms with Crippen LogP contribution in [0.15, 0.2) is 72.9 Å². The summed E-state index contributed by atoms with van der Waals surface area (Å²) in [6.07, 6.45) is 9.04. The lowest BCUT2D eigenvalue weighted by atomic mass is 9.87. The average molecular weight is 555 g/mol. The molecule has 2 aliphatic carbocycles. The topological polar surface area (TPSA) is 64.4 Å². The van der Waals surface area contributed by atoms with Crippen molar-refractivity contribution in [1.82, 2.24) is 9.78 Å². The first kappa shape index (κ1) is 25.1. The zero-order chi connectivity index (χ0) is 28.7. The Morgan fingerprint density at radius 2 is 1.95 bits per heavy atom. The van der Waals surface area contributed by atoms with Crippen molar-refractivity contribution >= 4 is 46.1 Å². The van der Waals surface area contributed by atoms with Crippen LogP contribution in [0.5, 0.6) is 0 Å². The summed E-state index contributed by atoms with van der Waals surface area (Å²) in [5.41, 5.74) is 4.87. The Labute approximate surface area is 240 Å². The largest absolute Gasteiger partial charge is 0.466 e. The Kier molecular flexibility index (Phi) is 6.86. The molecular weight excluding hydrogens is 522 g/mol. The van der Waals surface area contributed by atoms with Crippen molar-refractivity contribution in [3.63, 3.8) is 0 Å². The first-order valence-corrected chi connectivity index (χ1v) is 14.0. The van der Waals surface area contributed by atoms with Crippen molar-refractivity contribution < 1.29 is 15.7 Å². The van der Waals surface area contributed by atoms with E-state index in [-0.39, 0.29) is 11.8 Å². The average Bonchev–Trinajstić information content (AvgIpc) is 3.72. The third-order valence-corrected chi connectivity index (χ3v) is 8.73. The highest BCUT2D eigenvalue weighted by atomic mass is 35.5. The van der Waals surface area contributed by atoms with Gasteiger partial charge >= 0.3 is 5.97 Å². The van der Waals surface area contributed by atoms with Crippen LogP contribution in [0.1, 0.15) is 38.2 Å². The lowest BCUT2D eigenvalue weighted by molar-refractivity contribution is -0.134. The molecule has 2 bridgehead atoms. The maximum Gasteiger partial charge on any atom is 0.330 e. The molecule has 1 unspecified atom stereocenters. The maximum absolute atomic E-state index is 14.2. The molecule has 2 fully saturated rings. The summed E-state index contributed by atoms with van der Waals surface area (Å²) in [6, 6.07) is 19.2.